The van der Waals surface area contributed by atoms with E-state index < -0.39 is 10.0 Å². The molecular formula is C30H36N6O4S. The van der Waals surface area contributed by atoms with E-state index in [1.165, 1.54) is 10.5 Å². The van der Waals surface area contributed by atoms with Crippen LogP contribution in [0, 0.1) is 17.2 Å². The number of nitrogens with zero attached hydrogens (tertiary/aromatic N) is 4. The van der Waals surface area contributed by atoms with Crippen molar-refractivity contribution < 1.29 is 17.9 Å². The summed E-state index contributed by atoms with van der Waals surface area (Å²) in [5.41, 5.74) is 8.07. The molecule has 3 heterocycles. The van der Waals surface area contributed by atoms with Crippen LogP contribution in [-0.2, 0) is 21.4 Å². The molecular weight excluding hydrogens is 540 g/mol. The van der Waals surface area contributed by atoms with Gasteiger partial charge in [0.05, 0.1) is 13.2 Å². The van der Waals surface area contributed by atoms with Gasteiger partial charge in [-0.1, -0.05) is 42.5 Å². The number of carbonyl (C=O) groups is 1. The number of ether oxygens (including phenoxy) is 1. The van der Waals surface area contributed by atoms with Gasteiger partial charge in [-0.05, 0) is 48.6 Å². The Hall–Kier alpha value is -3.80. The maximum absolute atomic E-state index is 13.7. The van der Waals surface area contributed by atoms with Gasteiger partial charge in [0.2, 0.25) is 10.0 Å². The zero-order valence-corrected chi connectivity index (χ0v) is 23.7. The molecule has 11 heteroatoms. The third kappa shape index (κ3) is 6.92. The van der Waals surface area contributed by atoms with Crippen molar-refractivity contribution in [3.05, 3.63) is 90.3 Å². The molecule has 1 aromatic heterocycles. The molecule has 2 aliphatic heterocycles. The van der Waals surface area contributed by atoms with Gasteiger partial charge in [0.25, 0.3) is 0 Å². The van der Waals surface area contributed by atoms with Gasteiger partial charge >= 0.3 is 6.03 Å². The van der Waals surface area contributed by atoms with Gasteiger partial charge in [0.15, 0.2) is 0 Å². The maximum Gasteiger partial charge on any atom is 0.324 e. The highest BCUT2D eigenvalue weighted by Gasteiger charge is 2.36. The van der Waals surface area contributed by atoms with Crippen LogP contribution in [0.15, 0.2) is 84.0 Å². The lowest BCUT2D eigenvalue weighted by atomic mass is 9.96. The largest absolute Gasteiger partial charge is 0.384 e. The fraction of sp³-hybridized carbons (Fsp3) is 0.367. The van der Waals surface area contributed by atoms with E-state index in [4.69, 9.17) is 15.9 Å². The number of nitrogen functional groups attached to an aromatic ring is 1. The van der Waals surface area contributed by atoms with Crippen LogP contribution >= 0.6 is 0 Å². The van der Waals surface area contributed by atoms with E-state index in [2.05, 4.69) is 4.98 Å². The molecule has 5 rings (SSSR count). The number of hydrogen-bond acceptors (Lipinski definition) is 6. The molecule has 0 spiro atoms. The van der Waals surface area contributed by atoms with Crippen molar-refractivity contribution in [1.82, 2.24) is 14.2 Å². The van der Waals surface area contributed by atoms with Crippen molar-refractivity contribution >= 4 is 27.6 Å². The standard InChI is InChI=1S/C30H36N6O4S/c31-29(32)26-8-4-9-27(16-26)36-20-25(22-40-21-24-6-2-1-3-7-24)19-34(30(36)37)18-23-11-14-35(15-12-23)41(38,39)28-10-5-13-33-17-28/h1-10,13,16-17,23,25H,11-12,14-15,18-22H2,(H3,31,32). The van der Waals surface area contributed by atoms with E-state index in [0.29, 0.717) is 70.0 Å². The molecule has 0 radical (unpaired) electrons. The van der Waals surface area contributed by atoms with E-state index >= 15 is 0 Å². The minimum absolute atomic E-state index is 0.0519. The Morgan fingerprint density at radius 3 is 2.49 bits per heavy atom. The number of benzene rings is 2. The van der Waals surface area contributed by atoms with Crippen molar-refractivity contribution in [3.8, 4) is 0 Å². The van der Waals surface area contributed by atoms with E-state index in [0.717, 1.165) is 5.56 Å². The van der Waals surface area contributed by atoms with Gasteiger partial charge < -0.3 is 15.4 Å². The summed E-state index contributed by atoms with van der Waals surface area (Å²) in [5.74, 6) is 0.195. The Labute approximate surface area is 241 Å². The van der Waals surface area contributed by atoms with Gasteiger partial charge in [-0.3, -0.25) is 15.3 Å². The Bertz CT molecular complexity index is 1450. The van der Waals surface area contributed by atoms with Gasteiger partial charge in [-0.15, -0.1) is 0 Å². The van der Waals surface area contributed by atoms with E-state index in [1.54, 1.807) is 41.4 Å². The molecule has 3 aromatic rings. The third-order valence-corrected chi connectivity index (χ3v) is 9.56. The minimum Gasteiger partial charge on any atom is -0.384 e. The van der Waals surface area contributed by atoms with Crippen molar-refractivity contribution in [2.45, 2.75) is 24.3 Å². The molecule has 10 nitrogen and oxygen atoms in total. The first kappa shape index (κ1) is 28.7. The van der Waals surface area contributed by atoms with Gasteiger partial charge in [0, 0.05) is 62.3 Å². The first-order valence-corrected chi connectivity index (χ1v) is 15.3. The SMILES string of the molecule is N=C(N)c1cccc(N2CC(COCc3ccccc3)CN(CC3CCN(S(=O)(=O)c4cccnc4)CC3)C2=O)c1. The van der Waals surface area contributed by atoms with Gasteiger partial charge in [0.1, 0.15) is 10.7 Å². The molecule has 3 N–H and O–H groups in total. The lowest BCUT2D eigenvalue weighted by Gasteiger charge is -2.42. The lowest BCUT2D eigenvalue weighted by molar-refractivity contribution is 0.0661. The van der Waals surface area contributed by atoms with Crippen molar-refractivity contribution in [1.29, 1.82) is 5.41 Å². The summed E-state index contributed by atoms with van der Waals surface area (Å²) in [4.78, 5) is 21.5. The fourth-order valence-corrected chi connectivity index (χ4v) is 6.91. The number of sulfonamides is 1. The van der Waals surface area contributed by atoms with Crippen LogP contribution in [0.25, 0.3) is 0 Å². The monoisotopic (exact) mass is 576 g/mol. The summed E-state index contributed by atoms with van der Waals surface area (Å²) in [6, 6.07) is 20.3. The number of nitrogens with one attached hydrogen (secondary N) is 1. The molecule has 2 amide bonds. The predicted octanol–water partition coefficient (Wildman–Crippen LogP) is 3.54. The van der Waals surface area contributed by atoms with Crippen LogP contribution in [0.5, 0.6) is 0 Å². The number of piperidine rings is 1. The number of rotatable bonds is 10. The normalized spacial score (nSPS) is 18.9. The molecule has 1 unspecified atom stereocenters. The first-order chi connectivity index (χ1) is 19.8. The molecule has 0 bridgehead atoms. The average Bonchev–Trinajstić information content (AvgIpc) is 3.00. The molecule has 2 aliphatic rings. The van der Waals surface area contributed by atoms with E-state index in [1.807, 2.05) is 41.3 Å². The van der Waals surface area contributed by atoms with E-state index in [9.17, 15) is 13.2 Å². The quantitative estimate of drug-likeness (QED) is 0.280. The molecule has 0 aliphatic carbocycles. The summed E-state index contributed by atoms with van der Waals surface area (Å²) < 4.78 is 33.7. The van der Waals surface area contributed by atoms with Crippen LogP contribution in [0.1, 0.15) is 24.0 Å². The molecule has 0 saturated carbocycles. The second kappa shape index (κ2) is 12.8. The van der Waals surface area contributed by atoms with Gasteiger partial charge in [-0.2, -0.15) is 4.31 Å². The second-order valence-electron chi connectivity index (χ2n) is 10.7. The topological polar surface area (TPSA) is 133 Å². The summed E-state index contributed by atoms with van der Waals surface area (Å²) >= 11 is 0. The third-order valence-electron chi connectivity index (χ3n) is 7.68. The number of amidine groups is 1. The summed E-state index contributed by atoms with van der Waals surface area (Å²) in [6.45, 7) is 3.38. The molecule has 2 fully saturated rings. The fourth-order valence-electron chi connectivity index (χ4n) is 5.48. The molecule has 1 atom stereocenters. The number of hydrogen-bond donors (Lipinski definition) is 2. The highest BCUT2D eigenvalue weighted by molar-refractivity contribution is 7.89. The van der Waals surface area contributed by atoms with Gasteiger partial charge in [-0.25, -0.2) is 13.2 Å². The Kier molecular flexibility index (Phi) is 8.96. The van der Waals surface area contributed by atoms with Crippen LogP contribution in [-0.4, -0.2) is 73.8 Å². The average molecular weight is 577 g/mol. The Balaban J connectivity index is 1.26. The van der Waals surface area contributed by atoms with Crippen LogP contribution < -0.4 is 10.6 Å². The van der Waals surface area contributed by atoms with Crippen LogP contribution in [0.4, 0.5) is 10.5 Å². The predicted molar refractivity (Wildman–Crippen MR) is 157 cm³/mol. The zero-order chi connectivity index (χ0) is 28.8. The highest BCUT2D eigenvalue weighted by Crippen LogP contribution is 2.28. The van der Waals surface area contributed by atoms with Crippen molar-refractivity contribution in [2.24, 2.45) is 17.6 Å². The number of carbonyl (C=O) groups excluding carboxylic acids is 1. The molecule has 41 heavy (non-hydrogen) atoms. The Morgan fingerprint density at radius 2 is 1.78 bits per heavy atom. The number of urea groups is 1. The maximum atomic E-state index is 13.7. The lowest BCUT2D eigenvalue weighted by Crippen LogP contribution is -2.56. The van der Waals surface area contributed by atoms with E-state index in [-0.39, 0.29) is 28.6 Å². The number of nitrogens with two attached hydrogens (primary N) is 1. The number of amides is 2. The second-order valence-corrected chi connectivity index (χ2v) is 12.6. The molecule has 216 valence electrons. The Morgan fingerprint density at radius 1 is 1.00 bits per heavy atom. The minimum atomic E-state index is -3.59. The molecule has 2 aromatic carbocycles. The summed E-state index contributed by atoms with van der Waals surface area (Å²) in [6.07, 6.45) is 4.26. The zero-order valence-electron chi connectivity index (χ0n) is 22.9. The number of anilines is 1. The first-order valence-electron chi connectivity index (χ1n) is 13.8. The van der Waals surface area contributed by atoms with Crippen molar-refractivity contribution in [2.75, 3.05) is 44.2 Å². The van der Waals surface area contributed by atoms with Crippen LogP contribution in [0.3, 0.4) is 0 Å². The molecule has 2 saturated heterocycles. The summed E-state index contributed by atoms with van der Waals surface area (Å²) in [7, 11) is -3.59. The smallest absolute Gasteiger partial charge is 0.324 e. The highest BCUT2D eigenvalue weighted by atomic mass is 32.2. The number of aromatic nitrogens is 1. The summed E-state index contributed by atoms with van der Waals surface area (Å²) in [5, 5.41) is 7.83. The number of pyridine rings is 1. The van der Waals surface area contributed by atoms with Crippen molar-refractivity contribution in [3.63, 3.8) is 0 Å². The van der Waals surface area contributed by atoms with Crippen LogP contribution in [0.2, 0.25) is 0 Å².